The second-order valence-electron chi connectivity index (χ2n) is 5.01. The van der Waals surface area contributed by atoms with Crippen LogP contribution in [0.1, 0.15) is 31.1 Å². The van der Waals surface area contributed by atoms with Gasteiger partial charge in [-0.15, -0.1) is 0 Å². The van der Waals surface area contributed by atoms with Crippen LogP contribution in [0.15, 0.2) is 18.2 Å². The van der Waals surface area contributed by atoms with Crippen LogP contribution in [0.5, 0.6) is 0 Å². The lowest BCUT2D eigenvalue weighted by Gasteiger charge is -2.37. The first kappa shape index (κ1) is 15.2. The van der Waals surface area contributed by atoms with Crippen molar-refractivity contribution >= 4 is 23.4 Å². The summed E-state index contributed by atoms with van der Waals surface area (Å²) in [4.78, 5) is 14.6. The molecule has 1 heterocycles. The Morgan fingerprint density at radius 3 is 2.95 bits per heavy atom. The fraction of sp³-hybridized carbons (Fsp3) is 0.533. The molecule has 1 aliphatic rings. The highest BCUT2D eigenvalue weighted by Crippen LogP contribution is 2.28. The number of thioether (sulfide) groups is 1. The summed E-state index contributed by atoms with van der Waals surface area (Å²) in [5, 5.41) is 3.37. The minimum atomic E-state index is -0.371. The SMILES string of the molecule is CCNc1c(F)cccc1C(=O)N1CCSC(C)C1C. The van der Waals surface area contributed by atoms with Crippen LogP contribution in [-0.2, 0) is 0 Å². The summed E-state index contributed by atoms with van der Waals surface area (Å²) >= 11 is 1.88. The van der Waals surface area contributed by atoms with Crippen LogP contribution in [0.2, 0.25) is 0 Å². The summed E-state index contributed by atoms with van der Waals surface area (Å²) in [6, 6.07) is 4.84. The van der Waals surface area contributed by atoms with Crippen LogP contribution in [-0.4, -0.2) is 40.9 Å². The van der Waals surface area contributed by atoms with Crippen LogP contribution in [0.25, 0.3) is 0 Å². The molecule has 20 heavy (non-hydrogen) atoms. The monoisotopic (exact) mass is 296 g/mol. The maximum absolute atomic E-state index is 13.9. The highest BCUT2D eigenvalue weighted by atomic mass is 32.2. The lowest BCUT2D eigenvalue weighted by molar-refractivity contribution is 0.0698. The second-order valence-corrected chi connectivity index (χ2v) is 6.49. The van der Waals surface area contributed by atoms with Crippen LogP contribution in [0, 0.1) is 5.82 Å². The number of carbonyl (C=O) groups is 1. The van der Waals surface area contributed by atoms with Gasteiger partial charge in [0.25, 0.3) is 5.91 Å². The van der Waals surface area contributed by atoms with E-state index >= 15 is 0 Å². The van der Waals surface area contributed by atoms with Gasteiger partial charge in [0, 0.05) is 30.1 Å². The van der Waals surface area contributed by atoms with Gasteiger partial charge < -0.3 is 10.2 Å². The van der Waals surface area contributed by atoms with E-state index in [4.69, 9.17) is 0 Å². The van der Waals surface area contributed by atoms with Gasteiger partial charge in [-0.2, -0.15) is 11.8 Å². The van der Waals surface area contributed by atoms with Crippen LogP contribution < -0.4 is 5.32 Å². The molecule has 3 nitrogen and oxygen atoms in total. The molecule has 5 heteroatoms. The molecule has 0 aromatic heterocycles. The molecular formula is C15H21FN2OS. The van der Waals surface area contributed by atoms with Gasteiger partial charge in [-0.05, 0) is 26.0 Å². The summed E-state index contributed by atoms with van der Waals surface area (Å²) in [6.07, 6.45) is 0. The summed E-state index contributed by atoms with van der Waals surface area (Å²) in [7, 11) is 0. The Morgan fingerprint density at radius 2 is 2.25 bits per heavy atom. The lowest BCUT2D eigenvalue weighted by Crippen LogP contribution is -2.48. The Kier molecular flexibility index (Phi) is 4.91. The molecule has 0 aliphatic carbocycles. The summed E-state index contributed by atoms with van der Waals surface area (Å²) in [5.74, 6) is 0.480. The molecule has 2 rings (SSSR count). The Bertz CT molecular complexity index is 495. The smallest absolute Gasteiger partial charge is 0.256 e. The molecule has 1 aromatic carbocycles. The van der Waals surface area contributed by atoms with E-state index in [1.165, 1.54) is 6.07 Å². The first-order chi connectivity index (χ1) is 9.56. The third kappa shape index (κ3) is 2.92. The average molecular weight is 296 g/mol. The van der Waals surface area contributed by atoms with Gasteiger partial charge in [-0.3, -0.25) is 4.79 Å². The second kappa shape index (κ2) is 6.48. The number of benzene rings is 1. The number of nitrogens with zero attached hydrogens (tertiary/aromatic N) is 1. The van der Waals surface area contributed by atoms with Crippen molar-refractivity contribution in [2.24, 2.45) is 0 Å². The maximum Gasteiger partial charge on any atom is 0.256 e. The number of nitrogens with one attached hydrogen (secondary N) is 1. The van der Waals surface area contributed by atoms with Gasteiger partial charge in [0.05, 0.1) is 11.3 Å². The minimum absolute atomic E-state index is 0.0832. The molecule has 1 amide bonds. The first-order valence-corrected chi connectivity index (χ1v) is 8.06. The summed E-state index contributed by atoms with van der Waals surface area (Å²) in [6.45, 7) is 7.38. The molecule has 0 radical (unpaired) electrons. The van der Waals surface area contributed by atoms with Crippen LogP contribution in [0.4, 0.5) is 10.1 Å². The Morgan fingerprint density at radius 1 is 1.50 bits per heavy atom. The molecule has 2 atom stereocenters. The van der Waals surface area contributed by atoms with Crippen molar-refractivity contribution in [3.63, 3.8) is 0 Å². The van der Waals surface area contributed by atoms with Crippen molar-refractivity contribution in [2.75, 3.05) is 24.2 Å². The molecule has 0 saturated carbocycles. The van der Waals surface area contributed by atoms with Crippen LogP contribution in [0.3, 0.4) is 0 Å². The number of carbonyl (C=O) groups excluding carboxylic acids is 1. The van der Waals surface area contributed by atoms with Gasteiger partial charge in [0.1, 0.15) is 5.82 Å². The third-order valence-electron chi connectivity index (χ3n) is 3.74. The van der Waals surface area contributed by atoms with E-state index < -0.39 is 0 Å². The molecule has 1 saturated heterocycles. The zero-order valence-electron chi connectivity index (χ0n) is 12.1. The number of anilines is 1. The first-order valence-electron chi connectivity index (χ1n) is 7.01. The lowest BCUT2D eigenvalue weighted by atomic mass is 10.1. The van der Waals surface area contributed by atoms with Crippen molar-refractivity contribution in [2.45, 2.75) is 32.1 Å². The van der Waals surface area contributed by atoms with Gasteiger partial charge >= 0.3 is 0 Å². The number of para-hydroxylation sites is 1. The van der Waals surface area contributed by atoms with E-state index in [2.05, 4.69) is 19.2 Å². The highest BCUT2D eigenvalue weighted by Gasteiger charge is 2.30. The molecule has 110 valence electrons. The molecule has 1 N–H and O–H groups in total. The van der Waals surface area contributed by atoms with Crippen molar-refractivity contribution in [1.82, 2.24) is 4.90 Å². The largest absolute Gasteiger partial charge is 0.382 e. The highest BCUT2D eigenvalue weighted by molar-refractivity contribution is 8.00. The van der Waals surface area contributed by atoms with Crippen molar-refractivity contribution < 1.29 is 9.18 Å². The van der Waals surface area contributed by atoms with E-state index in [9.17, 15) is 9.18 Å². The predicted molar refractivity (Wildman–Crippen MR) is 83.0 cm³/mol. The fourth-order valence-electron chi connectivity index (χ4n) is 2.43. The number of hydrogen-bond acceptors (Lipinski definition) is 3. The molecule has 1 aromatic rings. The zero-order chi connectivity index (χ0) is 14.7. The Balaban J connectivity index is 2.31. The van der Waals surface area contributed by atoms with Gasteiger partial charge in [-0.25, -0.2) is 4.39 Å². The molecule has 2 unspecified atom stereocenters. The minimum Gasteiger partial charge on any atom is -0.382 e. The van der Waals surface area contributed by atoms with Gasteiger partial charge in [-0.1, -0.05) is 13.0 Å². The topological polar surface area (TPSA) is 32.3 Å². The van der Waals surface area contributed by atoms with E-state index in [1.807, 2.05) is 23.6 Å². The standard InChI is InChI=1S/C15H21FN2OS/c1-4-17-14-12(6-5-7-13(14)16)15(19)18-8-9-20-11(3)10(18)2/h5-7,10-11,17H,4,8-9H2,1-3H3. The number of halogens is 1. The number of hydrogen-bond donors (Lipinski definition) is 1. The van der Waals surface area contributed by atoms with Crippen molar-refractivity contribution in [3.05, 3.63) is 29.6 Å². The molecule has 1 aliphatic heterocycles. The molecule has 0 bridgehead atoms. The Labute approximate surface area is 123 Å². The number of rotatable bonds is 3. The quantitative estimate of drug-likeness (QED) is 0.929. The summed E-state index contributed by atoms with van der Waals surface area (Å²) < 4.78 is 13.9. The van der Waals surface area contributed by atoms with E-state index in [1.54, 1.807) is 12.1 Å². The normalized spacial score (nSPS) is 22.7. The van der Waals surface area contributed by atoms with Crippen molar-refractivity contribution in [3.8, 4) is 0 Å². The van der Waals surface area contributed by atoms with E-state index in [0.717, 1.165) is 12.3 Å². The Hall–Kier alpha value is -1.23. The van der Waals surface area contributed by atoms with Crippen molar-refractivity contribution in [1.29, 1.82) is 0 Å². The molecule has 0 spiro atoms. The van der Waals surface area contributed by atoms with Crippen LogP contribution >= 0.6 is 11.8 Å². The third-order valence-corrected chi connectivity index (χ3v) is 5.08. The molecule has 1 fully saturated rings. The summed E-state index contributed by atoms with van der Waals surface area (Å²) in [5.41, 5.74) is 0.746. The average Bonchev–Trinajstić information content (AvgIpc) is 2.43. The maximum atomic E-state index is 13.9. The molecular weight excluding hydrogens is 275 g/mol. The van der Waals surface area contributed by atoms with E-state index in [0.29, 0.717) is 23.0 Å². The number of amides is 1. The zero-order valence-corrected chi connectivity index (χ0v) is 13.0. The predicted octanol–water partition coefficient (Wildman–Crippen LogP) is 3.22. The van der Waals surface area contributed by atoms with Gasteiger partial charge in [0.15, 0.2) is 0 Å². The fourth-order valence-corrected chi connectivity index (χ4v) is 3.53. The van der Waals surface area contributed by atoms with Gasteiger partial charge in [0.2, 0.25) is 0 Å². The van der Waals surface area contributed by atoms with E-state index in [-0.39, 0.29) is 17.8 Å².